The summed E-state index contributed by atoms with van der Waals surface area (Å²) in [5, 5.41) is 11.9. The molecule has 2 N–H and O–H groups in total. The minimum absolute atomic E-state index is 0.184. The average Bonchev–Trinajstić information content (AvgIpc) is 2.36. The van der Waals surface area contributed by atoms with Gasteiger partial charge in [0.25, 0.3) is 0 Å². The topological polar surface area (TPSA) is 84.9 Å². The fourth-order valence-corrected chi connectivity index (χ4v) is 3.73. The van der Waals surface area contributed by atoms with Gasteiger partial charge in [0.15, 0.2) is 0 Å². The van der Waals surface area contributed by atoms with E-state index in [4.69, 9.17) is 9.05 Å². The van der Waals surface area contributed by atoms with Crippen LogP contribution in [0.5, 0.6) is 0 Å². The summed E-state index contributed by atoms with van der Waals surface area (Å²) < 4.78 is 23.4. The van der Waals surface area contributed by atoms with Crippen molar-refractivity contribution < 1.29 is 23.5 Å². The zero-order valence-corrected chi connectivity index (χ0v) is 14.2. The van der Waals surface area contributed by atoms with E-state index in [0.717, 1.165) is 5.56 Å². The molecule has 0 amide bonds. The molecule has 0 saturated heterocycles. The Bertz CT molecular complexity index is 504. The van der Waals surface area contributed by atoms with Gasteiger partial charge in [-0.1, -0.05) is 30.3 Å². The lowest BCUT2D eigenvalue weighted by Gasteiger charge is -2.26. The normalized spacial score (nSPS) is 13.5. The van der Waals surface area contributed by atoms with Crippen LogP contribution in [0, 0.1) is 0 Å². The molecule has 0 fully saturated rings. The molecule has 0 aliphatic rings. The quantitative estimate of drug-likeness (QED) is 0.677. The number of carbonyl (C=O) groups is 1. The van der Waals surface area contributed by atoms with Crippen LogP contribution in [0.3, 0.4) is 0 Å². The number of rotatable bonds is 9. The second-order valence-corrected chi connectivity index (χ2v) is 7.19. The molecule has 1 rings (SSSR count). The van der Waals surface area contributed by atoms with Crippen molar-refractivity contribution in [1.29, 1.82) is 0 Å². The van der Waals surface area contributed by atoms with Crippen molar-refractivity contribution in [3.63, 3.8) is 0 Å². The molecule has 1 unspecified atom stereocenters. The summed E-state index contributed by atoms with van der Waals surface area (Å²) in [6.45, 7) is 6.85. The van der Waals surface area contributed by atoms with Crippen molar-refractivity contribution in [3.05, 3.63) is 35.9 Å². The Kier molecular flexibility index (Phi) is 7.23. The van der Waals surface area contributed by atoms with Crippen molar-refractivity contribution in [3.8, 4) is 0 Å². The Hall–Kier alpha value is -1.20. The first-order valence-electron chi connectivity index (χ1n) is 7.23. The largest absolute Gasteiger partial charge is 0.480 e. The second-order valence-electron chi connectivity index (χ2n) is 5.52. The zero-order valence-electron chi connectivity index (χ0n) is 13.4. The van der Waals surface area contributed by atoms with Gasteiger partial charge in [-0.3, -0.25) is 13.8 Å². The first kappa shape index (κ1) is 18.8. The molecule has 0 radical (unpaired) electrons. The highest BCUT2D eigenvalue weighted by Crippen LogP contribution is 2.47. The maximum Gasteiger partial charge on any atom is 0.406 e. The van der Waals surface area contributed by atoms with Crippen LogP contribution in [0.4, 0.5) is 0 Å². The van der Waals surface area contributed by atoms with E-state index in [1.807, 2.05) is 30.3 Å². The van der Waals surface area contributed by atoms with Crippen molar-refractivity contribution >= 4 is 13.7 Å². The van der Waals surface area contributed by atoms with E-state index < -0.39 is 19.8 Å². The van der Waals surface area contributed by atoms with Crippen LogP contribution in [0.15, 0.2) is 30.3 Å². The summed E-state index contributed by atoms with van der Waals surface area (Å²) in [5.41, 5.74) is 0.822. The van der Waals surface area contributed by atoms with Gasteiger partial charge in [0.1, 0.15) is 6.04 Å². The lowest BCUT2D eigenvalue weighted by atomic mass is 10.1. The lowest BCUT2D eigenvalue weighted by molar-refractivity contribution is -0.139. The van der Waals surface area contributed by atoms with Crippen LogP contribution in [0.2, 0.25) is 0 Å². The number of carboxylic acids is 1. The monoisotopic (exact) mass is 329 g/mol. The third-order valence-corrected chi connectivity index (χ3v) is 4.62. The van der Waals surface area contributed by atoms with Gasteiger partial charge < -0.3 is 5.11 Å². The van der Waals surface area contributed by atoms with E-state index in [-0.39, 0.29) is 18.6 Å². The van der Waals surface area contributed by atoms with E-state index in [1.54, 1.807) is 27.7 Å². The number of hydrogen-bond donors (Lipinski definition) is 2. The Morgan fingerprint density at radius 1 is 1.14 bits per heavy atom. The number of aliphatic carboxylic acids is 1. The molecule has 0 aromatic heterocycles. The number of benzene rings is 1. The highest BCUT2D eigenvalue weighted by Gasteiger charge is 2.34. The molecular weight excluding hydrogens is 305 g/mol. The van der Waals surface area contributed by atoms with E-state index >= 15 is 0 Å². The second kappa shape index (κ2) is 8.44. The predicted octanol–water partition coefficient (Wildman–Crippen LogP) is 3.23. The van der Waals surface area contributed by atoms with Crippen LogP contribution in [0.1, 0.15) is 33.3 Å². The summed E-state index contributed by atoms with van der Waals surface area (Å²) in [7, 11) is -3.71. The maximum absolute atomic E-state index is 12.7. The molecule has 0 bridgehead atoms. The van der Waals surface area contributed by atoms with Crippen molar-refractivity contribution in [2.75, 3.05) is 0 Å². The summed E-state index contributed by atoms with van der Waals surface area (Å²) in [5.74, 6) is -1.11. The van der Waals surface area contributed by atoms with Crippen LogP contribution in [0.25, 0.3) is 0 Å². The van der Waals surface area contributed by atoms with Crippen molar-refractivity contribution in [1.82, 2.24) is 5.09 Å². The van der Waals surface area contributed by atoms with E-state index in [1.165, 1.54) is 0 Å². The standard InChI is InChI=1S/C15H24NO5P/c1-11(2)20-22(19,21-12(3)4)16-14(15(17)18)10-13-8-6-5-7-9-13/h5-9,11-12,14H,10H2,1-4H3,(H,16,19)(H,17,18). The number of carboxylic acid groups (broad SMARTS) is 1. The van der Waals surface area contributed by atoms with Gasteiger partial charge >= 0.3 is 13.7 Å². The minimum atomic E-state index is -3.71. The van der Waals surface area contributed by atoms with Gasteiger partial charge in [0.2, 0.25) is 0 Å². The average molecular weight is 329 g/mol. The lowest BCUT2D eigenvalue weighted by Crippen LogP contribution is -2.38. The Morgan fingerprint density at radius 2 is 1.64 bits per heavy atom. The van der Waals surface area contributed by atoms with Gasteiger partial charge in [0, 0.05) is 0 Å². The fourth-order valence-electron chi connectivity index (χ4n) is 1.87. The molecule has 0 heterocycles. The molecule has 7 heteroatoms. The van der Waals surface area contributed by atoms with Gasteiger partial charge in [-0.25, -0.2) is 9.65 Å². The number of hydrogen-bond acceptors (Lipinski definition) is 4. The molecule has 0 aliphatic carbocycles. The molecule has 6 nitrogen and oxygen atoms in total. The Balaban J connectivity index is 2.89. The van der Waals surface area contributed by atoms with Crippen LogP contribution < -0.4 is 5.09 Å². The third-order valence-electron chi connectivity index (χ3n) is 2.59. The molecule has 0 spiro atoms. The van der Waals surface area contributed by atoms with Crippen LogP contribution >= 0.6 is 7.75 Å². The van der Waals surface area contributed by atoms with Crippen LogP contribution in [-0.4, -0.2) is 29.3 Å². The summed E-state index contributed by atoms with van der Waals surface area (Å²) >= 11 is 0. The molecule has 1 aromatic rings. The van der Waals surface area contributed by atoms with Gasteiger partial charge in [-0.2, -0.15) is 0 Å². The Labute approximate surface area is 131 Å². The highest BCUT2D eigenvalue weighted by molar-refractivity contribution is 7.51. The van der Waals surface area contributed by atoms with Crippen molar-refractivity contribution in [2.45, 2.75) is 52.4 Å². The zero-order chi connectivity index (χ0) is 16.8. The number of nitrogens with one attached hydrogen (secondary N) is 1. The SMILES string of the molecule is CC(C)OP(=O)(NC(Cc1ccccc1)C(=O)O)OC(C)C. The minimum Gasteiger partial charge on any atom is -0.480 e. The molecule has 22 heavy (non-hydrogen) atoms. The van der Waals surface area contributed by atoms with E-state index in [2.05, 4.69) is 5.09 Å². The molecule has 1 aromatic carbocycles. The van der Waals surface area contributed by atoms with Crippen molar-refractivity contribution in [2.24, 2.45) is 0 Å². The predicted molar refractivity (Wildman–Crippen MR) is 84.8 cm³/mol. The van der Waals surface area contributed by atoms with Gasteiger partial charge in [0.05, 0.1) is 12.2 Å². The van der Waals surface area contributed by atoms with E-state index in [0.29, 0.717) is 0 Å². The first-order chi connectivity index (χ1) is 10.2. The summed E-state index contributed by atoms with van der Waals surface area (Å²) in [4.78, 5) is 11.5. The third kappa shape index (κ3) is 6.71. The molecule has 124 valence electrons. The van der Waals surface area contributed by atoms with Gasteiger partial charge in [-0.15, -0.1) is 0 Å². The van der Waals surface area contributed by atoms with E-state index in [9.17, 15) is 14.5 Å². The maximum atomic E-state index is 12.7. The smallest absolute Gasteiger partial charge is 0.406 e. The molecule has 1 atom stereocenters. The summed E-state index contributed by atoms with van der Waals surface area (Å²) in [6, 6.07) is 8.06. The Morgan fingerprint density at radius 3 is 2.05 bits per heavy atom. The highest BCUT2D eigenvalue weighted by atomic mass is 31.2. The first-order valence-corrected chi connectivity index (χ1v) is 8.77. The molecule has 0 saturated carbocycles. The van der Waals surface area contributed by atoms with Gasteiger partial charge in [-0.05, 0) is 39.7 Å². The molecular formula is C15H24NO5P. The molecule has 0 aliphatic heterocycles. The summed E-state index contributed by atoms with van der Waals surface area (Å²) in [6.07, 6.45) is -0.533. The van der Waals surface area contributed by atoms with Crippen LogP contribution in [-0.2, 0) is 24.8 Å². The fraction of sp³-hybridized carbons (Fsp3) is 0.533.